The fourth-order valence-electron chi connectivity index (χ4n) is 3.62. The third-order valence-electron chi connectivity index (χ3n) is 5.34. The van der Waals surface area contributed by atoms with Crippen molar-refractivity contribution in [3.05, 3.63) is 30.1 Å². The topological polar surface area (TPSA) is 155 Å². The van der Waals surface area contributed by atoms with E-state index in [-0.39, 0.29) is 31.6 Å². The molecule has 0 unspecified atom stereocenters. The zero-order valence-electron chi connectivity index (χ0n) is 18.6. The molecule has 2 N–H and O–H groups in total. The van der Waals surface area contributed by atoms with E-state index in [9.17, 15) is 19.6 Å². The summed E-state index contributed by atoms with van der Waals surface area (Å²) in [5.74, 6) is -1.72. The van der Waals surface area contributed by atoms with Crippen molar-refractivity contribution < 1.29 is 33.3 Å². The average Bonchev–Trinajstić information content (AvgIpc) is 3.38. The number of nitriles is 1. The van der Waals surface area contributed by atoms with Crippen LogP contribution in [0.2, 0.25) is 0 Å². The van der Waals surface area contributed by atoms with Gasteiger partial charge < -0.3 is 24.7 Å². The lowest BCUT2D eigenvalue weighted by Gasteiger charge is -2.28. The molecule has 176 valence electrons. The van der Waals surface area contributed by atoms with Crippen LogP contribution in [0, 0.1) is 11.3 Å². The van der Waals surface area contributed by atoms with Crippen molar-refractivity contribution in [1.29, 1.82) is 5.26 Å². The Kier molecular flexibility index (Phi) is 7.18. The zero-order valence-corrected chi connectivity index (χ0v) is 18.6. The van der Waals surface area contributed by atoms with Crippen LogP contribution in [0.4, 0.5) is 5.69 Å². The molecule has 0 amide bonds. The predicted molar refractivity (Wildman–Crippen MR) is 113 cm³/mol. The van der Waals surface area contributed by atoms with Crippen molar-refractivity contribution in [3.63, 3.8) is 0 Å². The number of esters is 3. The number of hydrogen-bond donors (Lipinski definition) is 1. The van der Waals surface area contributed by atoms with Gasteiger partial charge in [-0.15, -0.1) is 0 Å². The molecule has 11 nitrogen and oxygen atoms in total. The number of nitrogens with two attached hydrogens (primary N) is 1. The maximum Gasteiger partial charge on any atom is 0.306 e. The number of anilines is 1. The first kappa shape index (κ1) is 24.0. The van der Waals surface area contributed by atoms with Gasteiger partial charge >= 0.3 is 17.9 Å². The van der Waals surface area contributed by atoms with Crippen molar-refractivity contribution in [2.24, 2.45) is 0 Å². The van der Waals surface area contributed by atoms with Gasteiger partial charge in [-0.2, -0.15) is 10.4 Å². The van der Waals surface area contributed by atoms with Crippen molar-refractivity contribution in [2.75, 3.05) is 12.3 Å². The molecule has 33 heavy (non-hydrogen) atoms. The summed E-state index contributed by atoms with van der Waals surface area (Å²) in [4.78, 5) is 36.3. The highest BCUT2D eigenvalue weighted by Crippen LogP contribution is 2.44. The molecule has 1 saturated heterocycles. The Labute approximate surface area is 190 Å². The molecule has 0 aliphatic carbocycles. The lowest BCUT2D eigenvalue weighted by Crippen LogP contribution is -2.46. The highest BCUT2D eigenvalue weighted by molar-refractivity contribution is 5.72. The van der Waals surface area contributed by atoms with Crippen LogP contribution < -0.4 is 5.73 Å². The highest BCUT2D eigenvalue weighted by Gasteiger charge is 2.62. The van der Waals surface area contributed by atoms with Crippen LogP contribution in [-0.4, -0.2) is 52.4 Å². The maximum atomic E-state index is 12.3. The molecule has 0 radical (unpaired) electrons. The van der Waals surface area contributed by atoms with Crippen LogP contribution >= 0.6 is 0 Å². The van der Waals surface area contributed by atoms with Gasteiger partial charge in [-0.05, 0) is 18.2 Å². The third kappa shape index (κ3) is 4.47. The van der Waals surface area contributed by atoms with Crippen LogP contribution in [0.15, 0.2) is 24.4 Å². The average molecular weight is 458 g/mol. The summed E-state index contributed by atoms with van der Waals surface area (Å²) in [7, 11) is 0. The van der Waals surface area contributed by atoms with E-state index in [1.165, 1.54) is 10.7 Å². The molecular weight excluding hydrogens is 432 g/mol. The second kappa shape index (κ2) is 9.87. The first-order valence-electron chi connectivity index (χ1n) is 10.7. The second-order valence-corrected chi connectivity index (χ2v) is 7.41. The monoisotopic (exact) mass is 458 g/mol. The Morgan fingerprint density at radius 3 is 2.42 bits per heavy atom. The molecule has 0 spiro atoms. The van der Waals surface area contributed by atoms with Gasteiger partial charge in [0.15, 0.2) is 12.2 Å². The molecule has 3 heterocycles. The Hall–Kier alpha value is -3.65. The number of hydrogen-bond acceptors (Lipinski definition) is 10. The molecular formula is C22H26N4O7. The normalized spacial score (nSPS) is 24.2. The number of fused-ring (bicyclic) bond motifs is 1. The minimum Gasteiger partial charge on any atom is -0.463 e. The molecule has 2 aromatic rings. The van der Waals surface area contributed by atoms with Gasteiger partial charge in [-0.1, -0.05) is 20.8 Å². The Bertz CT molecular complexity index is 1090. The summed E-state index contributed by atoms with van der Waals surface area (Å²) in [5, 5.41) is 14.6. The molecule has 2 aromatic heterocycles. The van der Waals surface area contributed by atoms with Gasteiger partial charge in [-0.25, -0.2) is 4.52 Å². The van der Waals surface area contributed by atoms with E-state index in [2.05, 4.69) is 11.2 Å². The smallest absolute Gasteiger partial charge is 0.306 e. The summed E-state index contributed by atoms with van der Waals surface area (Å²) >= 11 is 0. The number of nitrogens with zero attached hydrogens (tertiary/aromatic N) is 3. The van der Waals surface area contributed by atoms with E-state index >= 15 is 0 Å². The van der Waals surface area contributed by atoms with Crippen LogP contribution in [-0.2, 0) is 38.9 Å². The molecule has 0 saturated carbocycles. The van der Waals surface area contributed by atoms with E-state index in [0.29, 0.717) is 11.2 Å². The fourth-order valence-corrected chi connectivity index (χ4v) is 3.62. The molecule has 3 rings (SSSR count). The van der Waals surface area contributed by atoms with Crippen molar-refractivity contribution in [1.82, 2.24) is 9.61 Å². The van der Waals surface area contributed by atoms with Gasteiger partial charge in [0.25, 0.3) is 0 Å². The number of ether oxygens (including phenoxy) is 4. The summed E-state index contributed by atoms with van der Waals surface area (Å²) in [6.07, 6.45) is -2.00. The summed E-state index contributed by atoms with van der Waals surface area (Å²) in [6, 6.07) is 6.92. The van der Waals surface area contributed by atoms with Gasteiger partial charge in [0.2, 0.25) is 5.60 Å². The van der Waals surface area contributed by atoms with Crippen LogP contribution in [0.5, 0.6) is 0 Å². The molecule has 1 aliphatic rings. The number of rotatable bonds is 8. The second-order valence-electron chi connectivity index (χ2n) is 7.41. The molecule has 11 heteroatoms. The first-order chi connectivity index (χ1) is 15.8. The highest BCUT2D eigenvalue weighted by atomic mass is 16.7. The predicted octanol–water partition coefficient (Wildman–Crippen LogP) is 1.63. The standard InChI is InChI=1S/C22H26N4O7/c1-4-17(27)30-11-15-20(31-18(28)5-2)21(32-19(29)6-3)22(12-23,33-15)16-8-7-14-13(24)9-10-25-26(14)16/h7-10,15,20-21H,4-6,11,24H2,1-3H3/t15-,20-,21-,22+/m1/s1. The van der Waals surface area contributed by atoms with Crippen LogP contribution in [0.25, 0.3) is 5.52 Å². The Balaban J connectivity index is 2.15. The van der Waals surface area contributed by atoms with E-state index < -0.39 is 41.8 Å². The van der Waals surface area contributed by atoms with E-state index in [1.807, 2.05) is 0 Å². The quantitative estimate of drug-likeness (QED) is 0.456. The van der Waals surface area contributed by atoms with Gasteiger partial charge in [0, 0.05) is 25.5 Å². The molecule has 1 aliphatic heterocycles. The zero-order chi connectivity index (χ0) is 24.2. The molecule has 1 fully saturated rings. The molecule has 4 atom stereocenters. The number of carbonyl (C=O) groups excluding carboxylic acids is 3. The van der Waals surface area contributed by atoms with E-state index in [4.69, 9.17) is 24.7 Å². The lowest BCUT2D eigenvalue weighted by atomic mass is 9.92. The Morgan fingerprint density at radius 2 is 1.79 bits per heavy atom. The summed E-state index contributed by atoms with van der Waals surface area (Å²) in [5.41, 5.74) is 5.25. The first-order valence-corrected chi connectivity index (χ1v) is 10.7. The molecule has 0 aromatic carbocycles. The summed E-state index contributed by atoms with van der Waals surface area (Å²) in [6.45, 7) is 4.51. The summed E-state index contributed by atoms with van der Waals surface area (Å²) < 4.78 is 23.9. The van der Waals surface area contributed by atoms with Crippen molar-refractivity contribution in [2.45, 2.75) is 63.9 Å². The minimum absolute atomic E-state index is 0.0159. The largest absolute Gasteiger partial charge is 0.463 e. The lowest BCUT2D eigenvalue weighted by molar-refractivity contribution is -0.169. The molecule has 0 bridgehead atoms. The minimum atomic E-state index is -1.92. The number of nitrogen functional groups attached to an aromatic ring is 1. The van der Waals surface area contributed by atoms with Crippen molar-refractivity contribution in [3.8, 4) is 6.07 Å². The SMILES string of the molecule is CCC(=O)OC[C@H]1O[C@@](C#N)(c2ccc3c(N)ccnn23)[C@H](OC(=O)CC)[C@@H]1OC(=O)CC. The Morgan fingerprint density at radius 1 is 1.12 bits per heavy atom. The van der Waals surface area contributed by atoms with Crippen LogP contribution in [0.3, 0.4) is 0 Å². The fraction of sp³-hybridized carbons (Fsp3) is 0.500. The maximum absolute atomic E-state index is 12.3. The van der Waals surface area contributed by atoms with Crippen LogP contribution in [0.1, 0.15) is 45.7 Å². The van der Waals surface area contributed by atoms with E-state index in [1.54, 1.807) is 39.0 Å². The van der Waals surface area contributed by atoms with Gasteiger partial charge in [0.1, 0.15) is 18.8 Å². The third-order valence-corrected chi connectivity index (χ3v) is 5.34. The van der Waals surface area contributed by atoms with Gasteiger partial charge in [0.05, 0.1) is 16.9 Å². The van der Waals surface area contributed by atoms with E-state index in [0.717, 1.165) is 0 Å². The van der Waals surface area contributed by atoms with Gasteiger partial charge in [-0.3, -0.25) is 14.4 Å². The number of carbonyl (C=O) groups is 3. The van der Waals surface area contributed by atoms with Crippen molar-refractivity contribution >= 4 is 29.1 Å². The number of aromatic nitrogens is 2.